The molecule has 0 aliphatic carbocycles. The van der Waals surface area contributed by atoms with Crippen LogP contribution in [-0.4, -0.2) is 33.6 Å². The Labute approximate surface area is 97.6 Å². The maximum Gasteiger partial charge on any atom is 0.341 e. The summed E-state index contributed by atoms with van der Waals surface area (Å²) in [6, 6.07) is 0. The van der Waals surface area contributed by atoms with Gasteiger partial charge in [0, 0.05) is 12.6 Å². The van der Waals surface area contributed by atoms with E-state index < -0.39 is 11.9 Å². The first-order chi connectivity index (χ1) is 8.04. The number of hydrogen-bond acceptors (Lipinski definition) is 6. The number of nitrogens with zero attached hydrogens (tertiary/aromatic N) is 2. The van der Waals surface area contributed by atoms with Gasteiger partial charge in [0.05, 0.1) is 24.3 Å². The van der Waals surface area contributed by atoms with Crippen LogP contribution < -0.4 is 5.73 Å². The standard InChI is InChI=1S/C10H13N3O4/c1-2-17-9(16)6-5-12-10(11)13-7(6)3-4-8(14)15/h5H,2-4H2,1H3,(H,14,15)(H2,11,12,13). The van der Waals surface area contributed by atoms with E-state index in [0.29, 0.717) is 5.69 Å². The second kappa shape index (κ2) is 5.78. The molecule has 0 atom stereocenters. The number of esters is 1. The van der Waals surface area contributed by atoms with Gasteiger partial charge in [-0.1, -0.05) is 0 Å². The summed E-state index contributed by atoms with van der Waals surface area (Å²) < 4.78 is 4.81. The summed E-state index contributed by atoms with van der Waals surface area (Å²) in [5, 5.41) is 8.59. The average Bonchev–Trinajstić information content (AvgIpc) is 2.26. The zero-order chi connectivity index (χ0) is 12.8. The summed E-state index contributed by atoms with van der Waals surface area (Å²) in [6.45, 7) is 1.90. The van der Waals surface area contributed by atoms with Crippen LogP contribution in [0.4, 0.5) is 5.95 Å². The van der Waals surface area contributed by atoms with Gasteiger partial charge in [0.1, 0.15) is 0 Å². The first-order valence-electron chi connectivity index (χ1n) is 5.05. The molecule has 0 saturated carbocycles. The zero-order valence-electron chi connectivity index (χ0n) is 9.34. The number of carbonyl (C=O) groups excluding carboxylic acids is 1. The summed E-state index contributed by atoms with van der Waals surface area (Å²) in [6.07, 6.45) is 1.22. The van der Waals surface area contributed by atoms with Crippen LogP contribution in [0.3, 0.4) is 0 Å². The van der Waals surface area contributed by atoms with Crippen LogP contribution in [0.1, 0.15) is 29.4 Å². The number of anilines is 1. The zero-order valence-corrected chi connectivity index (χ0v) is 9.34. The van der Waals surface area contributed by atoms with Crippen LogP contribution in [0.15, 0.2) is 6.20 Å². The van der Waals surface area contributed by atoms with Gasteiger partial charge < -0.3 is 15.6 Å². The van der Waals surface area contributed by atoms with E-state index in [-0.39, 0.29) is 31.0 Å². The number of carbonyl (C=O) groups is 2. The lowest BCUT2D eigenvalue weighted by Gasteiger charge is -2.07. The minimum absolute atomic E-state index is 0.00145. The molecule has 0 aromatic carbocycles. The molecule has 0 aliphatic heterocycles. The fourth-order valence-corrected chi connectivity index (χ4v) is 1.23. The van der Waals surface area contributed by atoms with Crippen molar-refractivity contribution in [2.24, 2.45) is 0 Å². The Balaban J connectivity index is 2.94. The minimum Gasteiger partial charge on any atom is -0.481 e. The van der Waals surface area contributed by atoms with Crippen LogP contribution in [0.2, 0.25) is 0 Å². The molecule has 1 aromatic rings. The average molecular weight is 239 g/mol. The summed E-state index contributed by atoms with van der Waals surface area (Å²) in [5.41, 5.74) is 5.83. The number of carboxylic acids is 1. The topological polar surface area (TPSA) is 115 Å². The van der Waals surface area contributed by atoms with Crippen molar-refractivity contribution in [3.63, 3.8) is 0 Å². The predicted octanol–water partition coefficient (Wildman–Crippen LogP) is 0.253. The molecule has 0 fully saturated rings. The molecule has 0 saturated heterocycles. The number of aryl methyl sites for hydroxylation is 1. The van der Waals surface area contributed by atoms with Crippen molar-refractivity contribution in [1.29, 1.82) is 0 Å². The molecule has 0 radical (unpaired) electrons. The van der Waals surface area contributed by atoms with Crippen LogP contribution in [0.25, 0.3) is 0 Å². The molecule has 0 unspecified atom stereocenters. The summed E-state index contributed by atoms with van der Waals surface area (Å²) >= 11 is 0. The molecule has 7 nitrogen and oxygen atoms in total. The van der Waals surface area contributed by atoms with Crippen LogP contribution in [0.5, 0.6) is 0 Å². The lowest BCUT2D eigenvalue weighted by Crippen LogP contribution is -2.13. The lowest BCUT2D eigenvalue weighted by atomic mass is 10.1. The normalized spacial score (nSPS) is 9.94. The first-order valence-corrected chi connectivity index (χ1v) is 5.05. The number of carboxylic acid groups (broad SMARTS) is 1. The van der Waals surface area contributed by atoms with Crippen LogP contribution >= 0.6 is 0 Å². The Kier molecular flexibility index (Phi) is 4.38. The summed E-state index contributed by atoms with van der Waals surface area (Å²) in [7, 11) is 0. The van der Waals surface area contributed by atoms with Gasteiger partial charge >= 0.3 is 11.9 Å². The van der Waals surface area contributed by atoms with Gasteiger partial charge in [-0.2, -0.15) is 0 Å². The van der Waals surface area contributed by atoms with E-state index in [1.807, 2.05) is 0 Å². The predicted molar refractivity (Wildman–Crippen MR) is 58.4 cm³/mol. The van der Waals surface area contributed by atoms with E-state index in [9.17, 15) is 9.59 Å². The van der Waals surface area contributed by atoms with Gasteiger partial charge in [0.25, 0.3) is 0 Å². The van der Waals surface area contributed by atoms with E-state index in [2.05, 4.69) is 9.97 Å². The van der Waals surface area contributed by atoms with Crippen molar-refractivity contribution in [2.75, 3.05) is 12.3 Å². The molecule has 1 aromatic heterocycles. The quantitative estimate of drug-likeness (QED) is 0.707. The highest BCUT2D eigenvalue weighted by Crippen LogP contribution is 2.10. The Morgan fingerprint density at radius 3 is 2.82 bits per heavy atom. The maximum absolute atomic E-state index is 11.5. The molecule has 92 valence electrons. The van der Waals surface area contributed by atoms with E-state index in [4.69, 9.17) is 15.6 Å². The fraction of sp³-hybridized carbons (Fsp3) is 0.400. The SMILES string of the molecule is CCOC(=O)c1cnc(N)nc1CCC(=O)O. The third-order valence-corrected chi connectivity index (χ3v) is 1.96. The third kappa shape index (κ3) is 3.71. The molecule has 1 heterocycles. The fourth-order valence-electron chi connectivity index (χ4n) is 1.23. The van der Waals surface area contributed by atoms with Crippen molar-refractivity contribution >= 4 is 17.9 Å². The van der Waals surface area contributed by atoms with Gasteiger partial charge in [-0.05, 0) is 6.92 Å². The number of aliphatic carboxylic acids is 1. The molecular weight excluding hydrogens is 226 g/mol. The highest BCUT2D eigenvalue weighted by Gasteiger charge is 2.15. The van der Waals surface area contributed by atoms with Gasteiger partial charge in [-0.15, -0.1) is 0 Å². The van der Waals surface area contributed by atoms with Gasteiger partial charge in [-0.25, -0.2) is 14.8 Å². The highest BCUT2D eigenvalue weighted by atomic mass is 16.5. The third-order valence-electron chi connectivity index (χ3n) is 1.96. The molecule has 3 N–H and O–H groups in total. The molecule has 0 spiro atoms. The smallest absolute Gasteiger partial charge is 0.341 e. The second-order valence-corrected chi connectivity index (χ2v) is 3.20. The van der Waals surface area contributed by atoms with Gasteiger partial charge in [0.15, 0.2) is 0 Å². The molecule has 0 amide bonds. The maximum atomic E-state index is 11.5. The summed E-state index contributed by atoms with van der Waals surface area (Å²) in [4.78, 5) is 29.5. The number of hydrogen-bond donors (Lipinski definition) is 2. The van der Waals surface area contributed by atoms with Crippen molar-refractivity contribution < 1.29 is 19.4 Å². The minimum atomic E-state index is -0.975. The van der Waals surface area contributed by atoms with Crippen molar-refractivity contribution in [3.05, 3.63) is 17.5 Å². The van der Waals surface area contributed by atoms with Crippen molar-refractivity contribution in [3.8, 4) is 0 Å². The molecule has 0 bridgehead atoms. The Morgan fingerprint density at radius 1 is 1.53 bits per heavy atom. The van der Waals surface area contributed by atoms with Crippen molar-refractivity contribution in [1.82, 2.24) is 9.97 Å². The van der Waals surface area contributed by atoms with E-state index in [0.717, 1.165) is 0 Å². The summed E-state index contributed by atoms with van der Waals surface area (Å²) in [5.74, 6) is -1.55. The Hall–Kier alpha value is -2.18. The number of nitrogen functional groups attached to an aromatic ring is 1. The Morgan fingerprint density at radius 2 is 2.24 bits per heavy atom. The van der Waals surface area contributed by atoms with E-state index >= 15 is 0 Å². The molecule has 7 heteroatoms. The Bertz CT molecular complexity index is 434. The molecule has 17 heavy (non-hydrogen) atoms. The number of rotatable bonds is 5. The monoisotopic (exact) mass is 239 g/mol. The molecule has 1 rings (SSSR count). The van der Waals surface area contributed by atoms with E-state index in [1.54, 1.807) is 6.92 Å². The number of ether oxygens (including phenoxy) is 1. The number of aromatic nitrogens is 2. The molecular formula is C10H13N3O4. The van der Waals surface area contributed by atoms with Crippen LogP contribution in [0, 0.1) is 0 Å². The number of nitrogens with two attached hydrogens (primary N) is 1. The lowest BCUT2D eigenvalue weighted by molar-refractivity contribution is -0.137. The van der Waals surface area contributed by atoms with Gasteiger partial charge in [-0.3, -0.25) is 4.79 Å². The van der Waals surface area contributed by atoms with E-state index in [1.165, 1.54) is 6.20 Å². The first kappa shape index (κ1) is 12.9. The highest BCUT2D eigenvalue weighted by molar-refractivity contribution is 5.90. The largest absolute Gasteiger partial charge is 0.481 e. The second-order valence-electron chi connectivity index (χ2n) is 3.20. The van der Waals surface area contributed by atoms with Crippen molar-refractivity contribution in [2.45, 2.75) is 19.8 Å². The molecule has 0 aliphatic rings. The van der Waals surface area contributed by atoms with Gasteiger partial charge in [0.2, 0.25) is 5.95 Å². The van der Waals surface area contributed by atoms with Crippen LogP contribution in [-0.2, 0) is 16.0 Å².